The van der Waals surface area contributed by atoms with E-state index in [2.05, 4.69) is 102 Å². The molecule has 4 heterocycles. The molecule has 5 aromatic rings. The number of benzene rings is 2. The molecule has 0 unspecified atom stereocenters. The summed E-state index contributed by atoms with van der Waals surface area (Å²) >= 11 is 0. The van der Waals surface area contributed by atoms with E-state index in [0.29, 0.717) is 5.82 Å². The van der Waals surface area contributed by atoms with E-state index in [1.54, 1.807) is 0 Å². The van der Waals surface area contributed by atoms with E-state index in [-0.39, 0.29) is 0 Å². The third kappa shape index (κ3) is 5.37. The molecule has 3 aromatic heterocycles. The van der Waals surface area contributed by atoms with Crippen molar-refractivity contribution in [2.45, 2.75) is 45.1 Å². The average molecular weight is 506 g/mol. The highest BCUT2D eigenvalue weighted by molar-refractivity contribution is 5.77. The maximum absolute atomic E-state index is 5.93. The van der Waals surface area contributed by atoms with Crippen LogP contribution in [0.2, 0.25) is 0 Å². The van der Waals surface area contributed by atoms with Crippen LogP contribution in [-0.4, -0.2) is 28.0 Å². The fraction of sp³-hybridized carbons (Fsp3) is 0.290. The van der Waals surface area contributed by atoms with E-state index < -0.39 is 0 Å². The fourth-order valence-corrected chi connectivity index (χ4v) is 5.35. The molecule has 7 nitrogen and oxygen atoms in total. The van der Waals surface area contributed by atoms with Gasteiger partial charge in [-0.1, -0.05) is 41.4 Å². The Morgan fingerprint density at radius 3 is 2.11 bits per heavy atom. The predicted molar refractivity (Wildman–Crippen MR) is 150 cm³/mol. The smallest absolute Gasteiger partial charge is 0.307 e. The van der Waals surface area contributed by atoms with Crippen LogP contribution in [0.25, 0.3) is 16.9 Å². The molecule has 0 bridgehead atoms. The molecule has 1 fully saturated rings. The predicted octanol–water partition coefficient (Wildman–Crippen LogP) is 4.32. The summed E-state index contributed by atoms with van der Waals surface area (Å²) in [7, 11) is 0. The van der Waals surface area contributed by atoms with Crippen LogP contribution >= 0.6 is 0 Å². The lowest BCUT2D eigenvalue weighted by Crippen LogP contribution is -2.33. The number of anilines is 2. The number of hydrogen-bond acceptors (Lipinski definition) is 4. The standard InChI is InChI=1S/C31H34N7/c32-30-29-31(34-22-33-30)38(23-35-29)21-26-9-7-24(8-10-26)5-1-2-6-25-11-13-27(14-12-25)37-19-15-28(16-20-37)36-17-3-4-18-36/h7-16,19-20,22-23H,1-6,17-18,21H2,(H2,32,33,34)/q+1/p+1. The number of nitrogens with zero attached hydrogens (tertiary/aromatic N) is 5. The van der Waals surface area contributed by atoms with Crippen molar-refractivity contribution < 1.29 is 9.13 Å². The van der Waals surface area contributed by atoms with Gasteiger partial charge in [-0.05, 0) is 55.2 Å². The third-order valence-electron chi connectivity index (χ3n) is 7.57. The molecule has 3 N–H and O–H groups in total. The van der Waals surface area contributed by atoms with Gasteiger partial charge in [0.05, 0.1) is 6.54 Å². The molecule has 0 radical (unpaired) electrons. The van der Waals surface area contributed by atoms with E-state index in [1.807, 2.05) is 6.33 Å². The third-order valence-corrected chi connectivity index (χ3v) is 7.57. The number of imidazole rings is 1. The molecule has 1 aliphatic heterocycles. The van der Waals surface area contributed by atoms with Crippen molar-refractivity contribution in [2.75, 3.05) is 23.7 Å². The van der Waals surface area contributed by atoms with Gasteiger partial charge in [0.2, 0.25) is 11.2 Å². The van der Waals surface area contributed by atoms with Crippen molar-refractivity contribution in [3.8, 4) is 5.69 Å². The lowest BCUT2D eigenvalue weighted by Gasteiger charge is -2.16. The monoisotopic (exact) mass is 505 g/mol. The number of pyridine rings is 1. The van der Waals surface area contributed by atoms with Gasteiger partial charge in [0.25, 0.3) is 0 Å². The summed E-state index contributed by atoms with van der Waals surface area (Å²) in [6, 6.07) is 22.4. The fourth-order valence-electron chi connectivity index (χ4n) is 5.35. The summed E-state index contributed by atoms with van der Waals surface area (Å²) in [5.41, 5.74) is 14.1. The Morgan fingerprint density at radius 1 is 0.789 bits per heavy atom. The summed E-state index contributed by atoms with van der Waals surface area (Å²) < 4.78 is 4.27. The first-order valence-corrected chi connectivity index (χ1v) is 13.6. The van der Waals surface area contributed by atoms with E-state index in [9.17, 15) is 0 Å². The molecule has 1 saturated heterocycles. The van der Waals surface area contributed by atoms with Crippen LogP contribution in [0.4, 0.5) is 11.5 Å². The first-order chi connectivity index (χ1) is 18.7. The van der Waals surface area contributed by atoms with Crippen LogP contribution in [0.3, 0.4) is 0 Å². The minimum absolute atomic E-state index is 0.474. The highest BCUT2D eigenvalue weighted by Crippen LogP contribution is 2.19. The van der Waals surface area contributed by atoms with Gasteiger partial charge < -0.3 is 10.6 Å². The summed E-state index contributed by atoms with van der Waals surface area (Å²) in [4.78, 5) is 14.0. The minimum Gasteiger partial charge on any atom is -0.380 e. The Kier molecular flexibility index (Phi) is 6.98. The van der Waals surface area contributed by atoms with Crippen molar-refractivity contribution in [1.29, 1.82) is 0 Å². The van der Waals surface area contributed by atoms with Crippen molar-refractivity contribution in [3.63, 3.8) is 0 Å². The van der Waals surface area contributed by atoms with E-state index in [1.165, 1.54) is 73.2 Å². The molecule has 6 rings (SSSR count). The number of nitrogens with two attached hydrogens (primary N) is 1. The number of aryl methyl sites for hydroxylation is 2. The van der Waals surface area contributed by atoms with Crippen LogP contribution < -0.4 is 19.8 Å². The van der Waals surface area contributed by atoms with Crippen molar-refractivity contribution in [3.05, 3.63) is 102 Å². The number of aromatic amines is 1. The number of nitrogens with one attached hydrogen (secondary N) is 1. The second kappa shape index (κ2) is 11.0. The highest BCUT2D eigenvalue weighted by Gasteiger charge is 2.15. The summed E-state index contributed by atoms with van der Waals surface area (Å²) in [5.74, 6) is 0.474. The maximum atomic E-state index is 5.93. The van der Waals surface area contributed by atoms with Crippen LogP contribution in [0, 0.1) is 0 Å². The molecule has 0 amide bonds. The number of rotatable bonds is 9. The van der Waals surface area contributed by atoms with Gasteiger partial charge in [0.15, 0.2) is 30.9 Å². The van der Waals surface area contributed by atoms with E-state index in [4.69, 9.17) is 5.73 Å². The van der Waals surface area contributed by atoms with Crippen molar-refractivity contribution in [2.24, 2.45) is 0 Å². The molecule has 192 valence electrons. The Hall–Kier alpha value is -4.26. The van der Waals surface area contributed by atoms with Gasteiger partial charge in [-0.3, -0.25) is 4.98 Å². The molecule has 0 spiro atoms. The van der Waals surface area contributed by atoms with Gasteiger partial charge in [-0.2, -0.15) is 9.55 Å². The van der Waals surface area contributed by atoms with Crippen molar-refractivity contribution in [1.82, 2.24) is 15.0 Å². The molecule has 38 heavy (non-hydrogen) atoms. The summed E-state index contributed by atoms with van der Waals surface area (Å²) in [6.45, 7) is 3.11. The Bertz CT molecular complexity index is 1480. The number of fused-ring (bicyclic) bond motifs is 1. The van der Waals surface area contributed by atoms with Crippen LogP contribution in [-0.2, 0) is 19.4 Å². The molecule has 0 aliphatic carbocycles. The highest BCUT2D eigenvalue weighted by atomic mass is 15.1. The Morgan fingerprint density at radius 2 is 1.42 bits per heavy atom. The second-order valence-electron chi connectivity index (χ2n) is 10.2. The zero-order chi connectivity index (χ0) is 25.7. The van der Waals surface area contributed by atoms with E-state index >= 15 is 0 Å². The summed E-state index contributed by atoms with van der Waals surface area (Å²) in [6.07, 6.45) is 15.0. The largest absolute Gasteiger partial charge is 0.380 e. The van der Waals surface area contributed by atoms with Crippen LogP contribution in [0.1, 0.15) is 42.4 Å². The average Bonchev–Trinajstić information content (AvgIpc) is 3.64. The molecular formula is C31H35N7+2. The zero-order valence-corrected chi connectivity index (χ0v) is 21.8. The second-order valence-corrected chi connectivity index (χ2v) is 10.2. The number of unbranched alkanes of at least 4 members (excludes halogenated alkanes) is 1. The quantitative estimate of drug-likeness (QED) is 0.231. The number of nitrogen functional groups attached to an aromatic ring is 1. The number of aromatic nitrogens is 5. The lowest BCUT2D eigenvalue weighted by molar-refractivity contribution is -0.664. The molecular weight excluding hydrogens is 470 g/mol. The van der Waals surface area contributed by atoms with Crippen molar-refractivity contribution >= 4 is 22.7 Å². The zero-order valence-electron chi connectivity index (χ0n) is 21.8. The van der Waals surface area contributed by atoms with Gasteiger partial charge in [-0.25, -0.2) is 4.57 Å². The minimum atomic E-state index is 0.474. The van der Waals surface area contributed by atoms with Gasteiger partial charge in [0.1, 0.15) is 0 Å². The van der Waals surface area contributed by atoms with E-state index in [0.717, 1.165) is 30.6 Å². The normalized spacial score (nSPS) is 13.4. The Balaban J connectivity index is 0.971. The molecule has 1 aliphatic rings. The number of H-pyrrole nitrogens is 1. The van der Waals surface area contributed by atoms with Gasteiger partial charge in [0, 0.05) is 43.0 Å². The van der Waals surface area contributed by atoms with Crippen LogP contribution in [0.5, 0.6) is 0 Å². The SMILES string of the molecule is Nc1ncnc2c1[nH]c[n+]2Cc1ccc(CCCCc2ccc(-[n+]3ccc(N4CCCC4)cc3)cc2)cc1. The maximum Gasteiger partial charge on any atom is 0.307 e. The summed E-state index contributed by atoms with van der Waals surface area (Å²) in [5, 5.41) is 0. The van der Waals surface area contributed by atoms with Gasteiger partial charge in [-0.15, -0.1) is 0 Å². The molecule has 7 heteroatoms. The molecule has 0 atom stereocenters. The van der Waals surface area contributed by atoms with Gasteiger partial charge >= 0.3 is 5.65 Å². The Labute approximate surface area is 223 Å². The molecule has 0 saturated carbocycles. The first kappa shape index (κ1) is 24.1. The first-order valence-electron chi connectivity index (χ1n) is 13.6. The lowest BCUT2D eigenvalue weighted by atomic mass is 10.0. The molecule has 2 aromatic carbocycles. The topological polar surface area (TPSA) is 78.6 Å². The van der Waals surface area contributed by atoms with Crippen LogP contribution in [0.15, 0.2) is 85.7 Å². The number of hydrogen-bond donors (Lipinski definition) is 2.